The zero-order valence-electron chi connectivity index (χ0n) is 12.4. The molecule has 0 radical (unpaired) electrons. The van der Waals surface area contributed by atoms with E-state index in [1.165, 1.54) is 30.0 Å². The van der Waals surface area contributed by atoms with E-state index < -0.39 is 4.92 Å². The van der Waals surface area contributed by atoms with Crippen molar-refractivity contribution in [3.8, 4) is 0 Å². The predicted molar refractivity (Wildman–Crippen MR) is 92.4 cm³/mol. The number of hydrogen-bond donors (Lipinski definition) is 2. The van der Waals surface area contributed by atoms with Crippen LogP contribution in [-0.2, 0) is 4.79 Å². The van der Waals surface area contributed by atoms with Crippen LogP contribution in [0, 0.1) is 10.1 Å². The summed E-state index contributed by atoms with van der Waals surface area (Å²) in [7, 11) is 0. The van der Waals surface area contributed by atoms with Crippen LogP contribution in [0.15, 0.2) is 41.8 Å². The van der Waals surface area contributed by atoms with E-state index >= 15 is 0 Å². The third-order valence-corrected chi connectivity index (χ3v) is 3.99. The number of anilines is 1. The van der Waals surface area contributed by atoms with E-state index in [0.29, 0.717) is 23.9 Å². The quantitative estimate of drug-likeness (QED) is 0.242. The summed E-state index contributed by atoms with van der Waals surface area (Å²) in [5, 5.41) is 17.2. The molecule has 0 unspecified atom stereocenters. The van der Waals surface area contributed by atoms with Crippen LogP contribution in [0.3, 0.4) is 0 Å². The van der Waals surface area contributed by atoms with Gasteiger partial charge in [0.25, 0.3) is 5.69 Å². The number of nitro benzene ring substituents is 1. The maximum atomic E-state index is 11.7. The van der Waals surface area contributed by atoms with Crippen LogP contribution in [0.5, 0.6) is 0 Å². The Bertz CT molecular complexity index is 717. The van der Waals surface area contributed by atoms with Gasteiger partial charge in [0.2, 0.25) is 5.91 Å². The first-order valence-corrected chi connectivity index (χ1v) is 8.27. The molecule has 24 heavy (non-hydrogen) atoms. The van der Waals surface area contributed by atoms with Crippen molar-refractivity contribution in [3.05, 3.63) is 51.8 Å². The minimum absolute atomic E-state index is 0.0704. The van der Waals surface area contributed by atoms with Crippen LogP contribution in [0.1, 0.15) is 0 Å². The van der Waals surface area contributed by atoms with Crippen LogP contribution >= 0.6 is 23.4 Å². The first kappa shape index (κ1) is 18.0. The SMILES string of the molecule is O=C(CSc1ncccn1)NCCNc1ccc([N+](=O)[O-])cc1Cl. The molecule has 0 saturated heterocycles. The number of non-ortho nitro benzene ring substituents is 1. The van der Waals surface area contributed by atoms with Gasteiger partial charge in [-0.15, -0.1) is 0 Å². The fraction of sp³-hybridized carbons (Fsp3) is 0.214. The van der Waals surface area contributed by atoms with Crippen molar-refractivity contribution in [2.24, 2.45) is 0 Å². The summed E-state index contributed by atoms with van der Waals surface area (Å²) in [5.41, 5.74) is 0.502. The van der Waals surface area contributed by atoms with Crippen molar-refractivity contribution in [3.63, 3.8) is 0 Å². The molecule has 2 aromatic rings. The number of carbonyl (C=O) groups excluding carboxylic acids is 1. The van der Waals surface area contributed by atoms with Gasteiger partial charge in [-0.3, -0.25) is 14.9 Å². The average molecular weight is 368 g/mol. The average Bonchev–Trinajstić information content (AvgIpc) is 2.58. The van der Waals surface area contributed by atoms with Crippen molar-refractivity contribution >= 4 is 40.6 Å². The first-order chi connectivity index (χ1) is 11.6. The van der Waals surface area contributed by atoms with E-state index in [4.69, 9.17) is 11.6 Å². The second-order valence-electron chi connectivity index (χ2n) is 4.52. The van der Waals surface area contributed by atoms with E-state index in [1.807, 2.05) is 0 Å². The summed E-state index contributed by atoms with van der Waals surface area (Å²) in [6.07, 6.45) is 3.23. The molecular formula is C14H14ClN5O3S. The Morgan fingerprint density at radius 1 is 1.29 bits per heavy atom. The lowest BCUT2D eigenvalue weighted by molar-refractivity contribution is -0.384. The van der Waals surface area contributed by atoms with Crippen LogP contribution < -0.4 is 10.6 Å². The van der Waals surface area contributed by atoms with E-state index in [-0.39, 0.29) is 22.4 Å². The highest BCUT2D eigenvalue weighted by molar-refractivity contribution is 7.99. The molecule has 2 rings (SSSR count). The number of carbonyl (C=O) groups is 1. The molecule has 0 atom stereocenters. The molecule has 1 amide bonds. The van der Waals surface area contributed by atoms with E-state index in [0.717, 1.165) is 0 Å². The Hall–Kier alpha value is -2.39. The van der Waals surface area contributed by atoms with Crippen molar-refractivity contribution in [1.29, 1.82) is 0 Å². The van der Waals surface area contributed by atoms with Crippen LogP contribution in [0.2, 0.25) is 5.02 Å². The number of nitrogens with one attached hydrogen (secondary N) is 2. The van der Waals surface area contributed by atoms with Crippen LogP contribution in [0.25, 0.3) is 0 Å². The summed E-state index contributed by atoms with van der Waals surface area (Å²) < 4.78 is 0. The predicted octanol–water partition coefficient (Wildman–Crippen LogP) is 2.36. The van der Waals surface area contributed by atoms with E-state index in [2.05, 4.69) is 20.6 Å². The maximum absolute atomic E-state index is 11.7. The minimum atomic E-state index is -0.510. The molecular weight excluding hydrogens is 354 g/mol. The third kappa shape index (κ3) is 5.67. The molecule has 0 aliphatic carbocycles. The van der Waals surface area contributed by atoms with Gasteiger partial charge < -0.3 is 10.6 Å². The standard InChI is InChI=1S/C14H14ClN5O3S/c15-11-8-10(20(22)23)2-3-12(11)16-6-7-17-13(21)9-24-14-18-4-1-5-19-14/h1-5,8,16H,6-7,9H2,(H,17,21). The third-order valence-electron chi connectivity index (χ3n) is 2.80. The van der Waals surface area contributed by atoms with Gasteiger partial charge in [-0.25, -0.2) is 9.97 Å². The first-order valence-electron chi connectivity index (χ1n) is 6.90. The van der Waals surface area contributed by atoms with Gasteiger partial charge in [0.1, 0.15) is 0 Å². The molecule has 0 saturated carbocycles. The molecule has 0 fully saturated rings. The highest BCUT2D eigenvalue weighted by Gasteiger charge is 2.09. The Morgan fingerprint density at radius 3 is 2.71 bits per heavy atom. The number of thioether (sulfide) groups is 1. The number of halogens is 1. The summed E-state index contributed by atoms with van der Waals surface area (Å²) in [4.78, 5) is 29.8. The number of amides is 1. The lowest BCUT2D eigenvalue weighted by Crippen LogP contribution is -2.30. The fourth-order valence-electron chi connectivity index (χ4n) is 1.70. The summed E-state index contributed by atoms with van der Waals surface area (Å²) in [6, 6.07) is 5.88. The number of benzene rings is 1. The molecule has 10 heteroatoms. The van der Waals surface area contributed by atoms with Gasteiger partial charge in [0, 0.05) is 37.6 Å². The second-order valence-corrected chi connectivity index (χ2v) is 5.87. The lowest BCUT2D eigenvalue weighted by atomic mass is 10.3. The Morgan fingerprint density at radius 2 is 2.04 bits per heavy atom. The van der Waals surface area contributed by atoms with Crippen LogP contribution in [-0.4, -0.2) is 39.6 Å². The maximum Gasteiger partial charge on any atom is 0.271 e. The topological polar surface area (TPSA) is 110 Å². The lowest BCUT2D eigenvalue weighted by Gasteiger charge is -2.09. The van der Waals surface area contributed by atoms with E-state index in [9.17, 15) is 14.9 Å². The van der Waals surface area contributed by atoms with Crippen molar-refractivity contribution < 1.29 is 9.72 Å². The molecule has 1 aromatic carbocycles. The van der Waals surface area contributed by atoms with E-state index in [1.54, 1.807) is 18.5 Å². The Kier molecular flexibility index (Phi) is 6.76. The highest BCUT2D eigenvalue weighted by Crippen LogP contribution is 2.26. The fourth-order valence-corrected chi connectivity index (χ4v) is 2.58. The Balaban J connectivity index is 1.69. The minimum Gasteiger partial charge on any atom is -0.382 e. The monoisotopic (exact) mass is 367 g/mol. The van der Waals surface area contributed by atoms with Crippen molar-refractivity contribution in [2.45, 2.75) is 5.16 Å². The van der Waals surface area contributed by atoms with Gasteiger partial charge in [0.15, 0.2) is 5.16 Å². The number of aromatic nitrogens is 2. The zero-order chi connectivity index (χ0) is 17.4. The van der Waals surface area contributed by atoms with Gasteiger partial charge in [-0.05, 0) is 12.1 Å². The second kappa shape index (κ2) is 9.04. The van der Waals surface area contributed by atoms with Gasteiger partial charge >= 0.3 is 0 Å². The van der Waals surface area contributed by atoms with Crippen molar-refractivity contribution in [2.75, 3.05) is 24.2 Å². The molecule has 0 aliphatic rings. The highest BCUT2D eigenvalue weighted by atomic mass is 35.5. The summed E-state index contributed by atoms with van der Waals surface area (Å²) in [6.45, 7) is 0.831. The molecule has 0 bridgehead atoms. The summed E-state index contributed by atoms with van der Waals surface area (Å²) in [5.74, 6) is 0.0894. The zero-order valence-corrected chi connectivity index (χ0v) is 14.0. The molecule has 126 valence electrons. The van der Waals surface area contributed by atoms with Crippen LogP contribution in [0.4, 0.5) is 11.4 Å². The number of hydrogen-bond acceptors (Lipinski definition) is 7. The van der Waals surface area contributed by atoms with Gasteiger partial charge in [-0.1, -0.05) is 23.4 Å². The molecule has 0 spiro atoms. The van der Waals surface area contributed by atoms with Gasteiger partial charge in [0.05, 0.1) is 21.4 Å². The molecule has 2 N–H and O–H groups in total. The number of nitro groups is 1. The largest absolute Gasteiger partial charge is 0.382 e. The molecule has 1 aromatic heterocycles. The van der Waals surface area contributed by atoms with Gasteiger partial charge in [-0.2, -0.15) is 0 Å². The Labute approximate surface area is 147 Å². The molecule has 1 heterocycles. The summed E-state index contributed by atoms with van der Waals surface area (Å²) >= 11 is 7.21. The van der Waals surface area contributed by atoms with Crippen molar-refractivity contribution in [1.82, 2.24) is 15.3 Å². The number of nitrogens with zero attached hydrogens (tertiary/aromatic N) is 3. The molecule has 8 nitrogen and oxygen atoms in total. The smallest absolute Gasteiger partial charge is 0.271 e. The number of rotatable bonds is 8. The molecule has 0 aliphatic heterocycles. The normalized spacial score (nSPS) is 10.2.